The van der Waals surface area contributed by atoms with Crippen LogP contribution in [0.1, 0.15) is 50.2 Å². The van der Waals surface area contributed by atoms with Crippen molar-refractivity contribution in [2.75, 3.05) is 6.61 Å². The zero-order chi connectivity index (χ0) is 12.6. The molecule has 1 aromatic rings. The van der Waals surface area contributed by atoms with E-state index in [1.807, 2.05) is 0 Å². The summed E-state index contributed by atoms with van der Waals surface area (Å²) in [7, 11) is 0. The smallest absolute Gasteiger partial charge is 0.128 e. The molecule has 2 nitrogen and oxygen atoms in total. The lowest BCUT2D eigenvalue weighted by Gasteiger charge is -2.29. The molecule has 1 fully saturated rings. The number of benzene rings is 1. The third kappa shape index (κ3) is 1.93. The van der Waals surface area contributed by atoms with Gasteiger partial charge in [-0.1, -0.05) is 31.5 Å². The molecule has 0 radical (unpaired) electrons. The third-order valence-electron chi connectivity index (χ3n) is 4.60. The first-order chi connectivity index (χ1) is 8.73. The van der Waals surface area contributed by atoms with Crippen molar-refractivity contribution in [3.05, 3.63) is 29.3 Å². The maximum absolute atomic E-state index is 10.9. The van der Waals surface area contributed by atoms with Crippen LogP contribution in [0.25, 0.3) is 0 Å². The van der Waals surface area contributed by atoms with Gasteiger partial charge in [0.15, 0.2) is 0 Å². The molecule has 2 heteroatoms. The molecule has 1 aromatic carbocycles. The minimum absolute atomic E-state index is 0.649. The van der Waals surface area contributed by atoms with E-state index >= 15 is 0 Å². The lowest BCUT2D eigenvalue weighted by atomic mass is 9.87. The molecule has 18 heavy (non-hydrogen) atoms. The highest BCUT2D eigenvalue weighted by atomic mass is 16.5. The Bertz CT molecular complexity index is 441. The number of para-hydroxylation sites is 1. The number of aliphatic hydroxyl groups is 1. The van der Waals surface area contributed by atoms with Crippen LogP contribution in [0, 0.1) is 5.92 Å². The molecule has 0 aromatic heterocycles. The van der Waals surface area contributed by atoms with Gasteiger partial charge < -0.3 is 9.84 Å². The second kappa shape index (κ2) is 4.58. The summed E-state index contributed by atoms with van der Waals surface area (Å²) in [6.07, 6.45) is 6.24. The molecule has 2 atom stereocenters. The van der Waals surface area contributed by atoms with Crippen LogP contribution >= 0.6 is 0 Å². The Morgan fingerprint density at radius 2 is 2.33 bits per heavy atom. The van der Waals surface area contributed by atoms with Crippen LogP contribution in [0.2, 0.25) is 0 Å². The van der Waals surface area contributed by atoms with Crippen molar-refractivity contribution in [1.82, 2.24) is 0 Å². The number of hydrogen-bond donors (Lipinski definition) is 1. The summed E-state index contributed by atoms with van der Waals surface area (Å²) in [5.74, 6) is 1.64. The monoisotopic (exact) mass is 246 g/mol. The fourth-order valence-corrected chi connectivity index (χ4v) is 3.47. The summed E-state index contributed by atoms with van der Waals surface area (Å²) < 4.78 is 5.84. The van der Waals surface area contributed by atoms with Crippen LogP contribution in [-0.4, -0.2) is 11.7 Å². The van der Waals surface area contributed by atoms with Crippen LogP contribution in [0.5, 0.6) is 5.75 Å². The summed E-state index contributed by atoms with van der Waals surface area (Å²) in [6.45, 7) is 3.00. The van der Waals surface area contributed by atoms with Crippen LogP contribution < -0.4 is 4.74 Å². The zero-order valence-electron chi connectivity index (χ0n) is 11.1. The van der Waals surface area contributed by atoms with Gasteiger partial charge in [-0.3, -0.25) is 0 Å². The summed E-state index contributed by atoms with van der Waals surface area (Å²) >= 11 is 0. The van der Waals surface area contributed by atoms with Crippen molar-refractivity contribution < 1.29 is 9.84 Å². The van der Waals surface area contributed by atoms with Gasteiger partial charge in [-0.05, 0) is 43.6 Å². The number of aryl methyl sites for hydroxylation is 1. The van der Waals surface area contributed by atoms with Gasteiger partial charge in [0.2, 0.25) is 0 Å². The Morgan fingerprint density at radius 3 is 3.11 bits per heavy atom. The SMILES string of the molecule is CCC1CCC(O)(c2cccc3c2OCCC3)C1. The first-order valence-corrected chi connectivity index (χ1v) is 7.20. The number of fused-ring (bicyclic) bond motifs is 1. The summed E-state index contributed by atoms with van der Waals surface area (Å²) in [5, 5.41) is 10.9. The molecule has 2 unspecified atom stereocenters. The maximum Gasteiger partial charge on any atom is 0.128 e. The van der Waals surface area contributed by atoms with Gasteiger partial charge in [0.05, 0.1) is 12.2 Å². The second-order valence-electron chi connectivity index (χ2n) is 5.79. The minimum Gasteiger partial charge on any atom is -0.493 e. The third-order valence-corrected chi connectivity index (χ3v) is 4.60. The Balaban J connectivity index is 1.97. The average Bonchev–Trinajstić information content (AvgIpc) is 2.81. The minimum atomic E-state index is -0.649. The van der Waals surface area contributed by atoms with Crippen LogP contribution in [0.4, 0.5) is 0 Å². The first kappa shape index (κ1) is 12.0. The molecule has 98 valence electrons. The zero-order valence-corrected chi connectivity index (χ0v) is 11.1. The second-order valence-corrected chi connectivity index (χ2v) is 5.79. The molecule has 0 saturated heterocycles. The van der Waals surface area contributed by atoms with E-state index in [9.17, 15) is 5.11 Å². The largest absolute Gasteiger partial charge is 0.493 e. The molecule has 2 aliphatic rings. The van der Waals surface area contributed by atoms with E-state index in [2.05, 4.69) is 25.1 Å². The fraction of sp³-hybridized carbons (Fsp3) is 0.625. The topological polar surface area (TPSA) is 29.5 Å². The van der Waals surface area contributed by atoms with Crippen molar-refractivity contribution in [3.63, 3.8) is 0 Å². The standard InChI is InChI=1S/C16H22O2/c1-2-12-8-9-16(17,11-12)14-7-3-5-13-6-4-10-18-15(13)14/h3,5,7,12,17H,2,4,6,8-11H2,1H3. The Morgan fingerprint density at radius 1 is 1.44 bits per heavy atom. The van der Waals surface area contributed by atoms with Crippen molar-refractivity contribution in [2.24, 2.45) is 5.92 Å². The molecule has 0 amide bonds. The Kier molecular flexibility index (Phi) is 3.06. The van der Waals surface area contributed by atoms with Gasteiger partial charge in [-0.15, -0.1) is 0 Å². The fourth-order valence-electron chi connectivity index (χ4n) is 3.47. The van der Waals surface area contributed by atoms with Gasteiger partial charge in [-0.2, -0.15) is 0 Å². The highest BCUT2D eigenvalue weighted by molar-refractivity contribution is 5.46. The van der Waals surface area contributed by atoms with E-state index in [0.29, 0.717) is 5.92 Å². The molecule has 1 aliphatic carbocycles. The average molecular weight is 246 g/mol. The summed E-state index contributed by atoms with van der Waals surface area (Å²) in [6, 6.07) is 6.26. The predicted molar refractivity (Wildman–Crippen MR) is 71.8 cm³/mol. The maximum atomic E-state index is 10.9. The van der Waals surface area contributed by atoms with E-state index in [1.54, 1.807) is 0 Å². The first-order valence-electron chi connectivity index (χ1n) is 7.20. The molecule has 1 heterocycles. The number of rotatable bonds is 2. The highest BCUT2D eigenvalue weighted by Crippen LogP contribution is 2.47. The van der Waals surface area contributed by atoms with Crippen molar-refractivity contribution >= 4 is 0 Å². The molecule has 1 saturated carbocycles. The van der Waals surface area contributed by atoms with Crippen LogP contribution in [0.15, 0.2) is 18.2 Å². The van der Waals surface area contributed by atoms with Crippen LogP contribution in [-0.2, 0) is 12.0 Å². The van der Waals surface area contributed by atoms with Gasteiger partial charge in [0.1, 0.15) is 5.75 Å². The van der Waals surface area contributed by atoms with E-state index in [4.69, 9.17) is 4.74 Å². The van der Waals surface area contributed by atoms with Crippen molar-refractivity contribution in [1.29, 1.82) is 0 Å². The van der Waals surface area contributed by atoms with Crippen molar-refractivity contribution in [3.8, 4) is 5.75 Å². The highest BCUT2D eigenvalue weighted by Gasteiger charge is 2.40. The van der Waals surface area contributed by atoms with Gasteiger partial charge in [-0.25, -0.2) is 0 Å². The summed E-state index contributed by atoms with van der Waals surface area (Å²) in [5.41, 5.74) is 1.66. The number of ether oxygens (including phenoxy) is 1. The lowest BCUT2D eigenvalue weighted by molar-refractivity contribution is 0.0361. The van der Waals surface area contributed by atoms with E-state index in [1.165, 1.54) is 5.56 Å². The predicted octanol–water partition coefficient (Wildman–Crippen LogP) is 3.41. The number of hydrogen-bond acceptors (Lipinski definition) is 2. The van der Waals surface area contributed by atoms with E-state index in [0.717, 1.165) is 56.4 Å². The van der Waals surface area contributed by atoms with E-state index in [-0.39, 0.29) is 0 Å². The Labute approximate surface area is 109 Å². The van der Waals surface area contributed by atoms with Gasteiger partial charge >= 0.3 is 0 Å². The van der Waals surface area contributed by atoms with Crippen LogP contribution in [0.3, 0.4) is 0 Å². The quantitative estimate of drug-likeness (QED) is 0.866. The molecular weight excluding hydrogens is 224 g/mol. The molecule has 1 N–H and O–H groups in total. The molecule has 0 spiro atoms. The molecular formula is C16H22O2. The van der Waals surface area contributed by atoms with E-state index < -0.39 is 5.60 Å². The Hall–Kier alpha value is -1.02. The van der Waals surface area contributed by atoms with Crippen molar-refractivity contribution in [2.45, 2.75) is 51.0 Å². The molecule has 3 rings (SSSR count). The normalized spacial score (nSPS) is 30.9. The lowest BCUT2D eigenvalue weighted by Crippen LogP contribution is -2.24. The van der Waals surface area contributed by atoms with Gasteiger partial charge in [0, 0.05) is 5.56 Å². The molecule has 1 aliphatic heterocycles. The summed E-state index contributed by atoms with van der Waals surface area (Å²) in [4.78, 5) is 0. The van der Waals surface area contributed by atoms with Gasteiger partial charge in [0.25, 0.3) is 0 Å². The molecule has 0 bridgehead atoms.